The summed E-state index contributed by atoms with van der Waals surface area (Å²) in [5.41, 5.74) is 11.5. The highest BCUT2D eigenvalue weighted by atomic mass is 14.4. The predicted octanol–water partition coefficient (Wildman–Crippen LogP) is 7.93. The van der Waals surface area contributed by atoms with E-state index in [1.54, 1.807) is 0 Å². The minimum Gasteiger partial charge on any atom is -0.0912 e. The molecule has 0 aromatic heterocycles. The molecule has 0 bridgehead atoms. The number of allylic oxidation sites excluding steroid dienone is 8. The summed E-state index contributed by atoms with van der Waals surface area (Å²) in [5.74, 6) is 0. The Hall–Kier alpha value is -2.86. The summed E-state index contributed by atoms with van der Waals surface area (Å²) in [6, 6.07) is 19.2. The van der Waals surface area contributed by atoms with Crippen molar-refractivity contribution >= 4 is 5.57 Å². The van der Waals surface area contributed by atoms with E-state index in [0.717, 1.165) is 24.0 Å². The van der Waals surface area contributed by atoms with Crippen molar-refractivity contribution in [3.05, 3.63) is 113 Å². The van der Waals surface area contributed by atoms with Gasteiger partial charge in [0.2, 0.25) is 0 Å². The van der Waals surface area contributed by atoms with Gasteiger partial charge in [0.25, 0.3) is 0 Å². The molecule has 0 N–H and O–H groups in total. The molecular formula is C28H28. The molecule has 0 aliphatic heterocycles. The van der Waals surface area contributed by atoms with Gasteiger partial charge in [-0.1, -0.05) is 99.3 Å². The van der Waals surface area contributed by atoms with Gasteiger partial charge in [0.05, 0.1) is 0 Å². The van der Waals surface area contributed by atoms with Gasteiger partial charge in [0.1, 0.15) is 0 Å². The zero-order valence-electron chi connectivity index (χ0n) is 17.2. The van der Waals surface area contributed by atoms with Crippen molar-refractivity contribution in [2.24, 2.45) is 5.41 Å². The maximum atomic E-state index is 4.44. The standard InChI is InChI=1S/C28H28/c1-19-11-16-25-21(3)26(28(4,5)27(25)17-19)18-20(2)22-12-14-24(15-13-22)23-9-7-6-8-10-23/h6-10,12-15,17-18H,2-3,11,16H2,1,4-5H3/b26-18+. The maximum absolute atomic E-state index is 4.44. The maximum Gasteiger partial charge on any atom is 0.0155 e. The Morgan fingerprint density at radius 1 is 0.929 bits per heavy atom. The van der Waals surface area contributed by atoms with E-state index in [-0.39, 0.29) is 5.41 Å². The molecule has 0 saturated heterocycles. The van der Waals surface area contributed by atoms with Crippen LogP contribution < -0.4 is 0 Å². The average Bonchev–Trinajstić information content (AvgIpc) is 2.89. The molecule has 2 aromatic rings. The Kier molecular flexibility index (Phi) is 4.59. The SMILES string of the molecule is C=C1C2=C(C=C(C)CC2)C(C)(C)/C1=C/C(=C)c1ccc(-c2ccccc2)cc1. The van der Waals surface area contributed by atoms with Crippen LogP contribution in [0.15, 0.2) is 108 Å². The van der Waals surface area contributed by atoms with Crippen LogP contribution in [0.3, 0.4) is 0 Å². The summed E-state index contributed by atoms with van der Waals surface area (Å²) in [6.07, 6.45) is 6.88. The van der Waals surface area contributed by atoms with E-state index >= 15 is 0 Å². The zero-order chi connectivity index (χ0) is 19.9. The highest BCUT2D eigenvalue weighted by molar-refractivity contribution is 5.79. The van der Waals surface area contributed by atoms with Crippen LogP contribution in [0, 0.1) is 5.41 Å². The highest BCUT2D eigenvalue weighted by Crippen LogP contribution is 2.53. The van der Waals surface area contributed by atoms with Crippen LogP contribution in [0.25, 0.3) is 16.7 Å². The highest BCUT2D eigenvalue weighted by Gasteiger charge is 2.39. The molecule has 0 radical (unpaired) electrons. The molecule has 0 saturated carbocycles. The van der Waals surface area contributed by atoms with Gasteiger partial charge in [-0.3, -0.25) is 0 Å². The molecule has 0 heterocycles. The Labute approximate surface area is 169 Å². The lowest BCUT2D eigenvalue weighted by atomic mass is 9.78. The Balaban J connectivity index is 1.63. The second-order valence-corrected chi connectivity index (χ2v) is 8.51. The molecule has 0 amide bonds. The molecule has 0 atom stereocenters. The second kappa shape index (κ2) is 6.95. The Morgan fingerprint density at radius 2 is 1.57 bits per heavy atom. The molecule has 28 heavy (non-hydrogen) atoms. The number of benzene rings is 2. The normalized spacial score (nSPS) is 19.6. The summed E-state index contributed by atoms with van der Waals surface area (Å²) in [5, 5.41) is 0. The molecule has 2 aliphatic rings. The minimum absolute atomic E-state index is 0.0129. The molecule has 0 heteroatoms. The number of hydrogen-bond acceptors (Lipinski definition) is 0. The van der Waals surface area contributed by atoms with Crippen molar-refractivity contribution < 1.29 is 0 Å². The van der Waals surface area contributed by atoms with E-state index in [0.29, 0.717) is 0 Å². The lowest BCUT2D eigenvalue weighted by Gasteiger charge is -2.25. The molecule has 140 valence electrons. The van der Waals surface area contributed by atoms with E-state index in [1.807, 2.05) is 6.07 Å². The number of rotatable bonds is 3. The van der Waals surface area contributed by atoms with Crippen molar-refractivity contribution in [1.29, 1.82) is 0 Å². The van der Waals surface area contributed by atoms with E-state index in [9.17, 15) is 0 Å². The topological polar surface area (TPSA) is 0 Å². The van der Waals surface area contributed by atoms with Crippen LogP contribution in [-0.2, 0) is 0 Å². The van der Waals surface area contributed by atoms with Gasteiger partial charge >= 0.3 is 0 Å². The zero-order valence-corrected chi connectivity index (χ0v) is 17.2. The summed E-state index contributed by atoms with van der Waals surface area (Å²) in [4.78, 5) is 0. The van der Waals surface area contributed by atoms with Gasteiger partial charge in [-0.05, 0) is 64.3 Å². The van der Waals surface area contributed by atoms with E-state index in [2.05, 4.69) is 94.6 Å². The fraction of sp³-hybridized carbons (Fsp3) is 0.214. The fourth-order valence-corrected chi connectivity index (χ4v) is 4.45. The monoisotopic (exact) mass is 364 g/mol. The summed E-state index contributed by atoms with van der Waals surface area (Å²) in [6.45, 7) is 15.7. The quantitative estimate of drug-likeness (QED) is 0.519. The third kappa shape index (κ3) is 3.14. The summed E-state index contributed by atoms with van der Waals surface area (Å²) < 4.78 is 0. The van der Waals surface area contributed by atoms with Crippen molar-refractivity contribution in [2.45, 2.75) is 33.6 Å². The third-order valence-electron chi connectivity index (χ3n) is 6.20. The second-order valence-electron chi connectivity index (χ2n) is 8.51. The molecule has 0 nitrogen and oxygen atoms in total. The van der Waals surface area contributed by atoms with Crippen LogP contribution in [0.1, 0.15) is 39.2 Å². The first kappa shape index (κ1) is 18.5. The lowest BCUT2D eigenvalue weighted by molar-refractivity contribution is 0.574. The van der Waals surface area contributed by atoms with Crippen molar-refractivity contribution in [2.75, 3.05) is 0 Å². The van der Waals surface area contributed by atoms with Crippen LogP contribution >= 0.6 is 0 Å². The van der Waals surface area contributed by atoms with Gasteiger partial charge in [-0.15, -0.1) is 0 Å². The van der Waals surface area contributed by atoms with Gasteiger partial charge in [0, 0.05) is 5.41 Å². The van der Waals surface area contributed by atoms with Crippen LogP contribution in [-0.4, -0.2) is 0 Å². The van der Waals surface area contributed by atoms with E-state index < -0.39 is 0 Å². The van der Waals surface area contributed by atoms with Crippen LogP contribution in [0.2, 0.25) is 0 Å². The third-order valence-corrected chi connectivity index (χ3v) is 6.20. The first-order valence-corrected chi connectivity index (χ1v) is 10.1. The van der Waals surface area contributed by atoms with Crippen LogP contribution in [0.4, 0.5) is 0 Å². The molecule has 0 unspecified atom stereocenters. The molecular weight excluding hydrogens is 336 g/mol. The summed E-state index contributed by atoms with van der Waals surface area (Å²) in [7, 11) is 0. The van der Waals surface area contributed by atoms with Gasteiger partial charge < -0.3 is 0 Å². The summed E-state index contributed by atoms with van der Waals surface area (Å²) >= 11 is 0. The molecule has 2 aromatic carbocycles. The molecule has 2 aliphatic carbocycles. The molecule has 0 fully saturated rings. The number of hydrogen-bond donors (Lipinski definition) is 0. The van der Waals surface area contributed by atoms with Crippen LogP contribution in [0.5, 0.6) is 0 Å². The first-order chi connectivity index (χ1) is 13.4. The largest absolute Gasteiger partial charge is 0.0912 e. The molecule has 0 spiro atoms. The van der Waals surface area contributed by atoms with Crippen molar-refractivity contribution in [1.82, 2.24) is 0 Å². The smallest absolute Gasteiger partial charge is 0.0155 e. The Morgan fingerprint density at radius 3 is 2.25 bits per heavy atom. The van der Waals surface area contributed by atoms with E-state index in [1.165, 1.54) is 39.0 Å². The van der Waals surface area contributed by atoms with Gasteiger partial charge in [-0.2, -0.15) is 0 Å². The Bertz CT molecular complexity index is 1030. The minimum atomic E-state index is -0.0129. The predicted molar refractivity (Wildman–Crippen MR) is 122 cm³/mol. The average molecular weight is 365 g/mol. The van der Waals surface area contributed by atoms with Crippen molar-refractivity contribution in [3.63, 3.8) is 0 Å². The lowest BCUT2D eigenvalue weighted by Crippen LogP contribution is -2.13. The van der Waals surface area contributed by atoms with Crippen molar-refractivity contribution in [3.8, 4) is 11.1 Å². The molecule has 4 rings (SSSR count). The first-order valence-electron chi connectivity index (χ1n) is 10.1. The van der Waals surface area contributed by atoms with Gasteiger partial charge in [-0.25, -0.2) is 0 Å². The van der Waals surface area contributed by atoms with E-state index in [4.69, 9.17) is 0 Å². The van der Waals surface area contributed by atoms with Gasteiger partial charge in [0.15, 0.2) is 0 Å². The fourth-order valence-electron chi connectivity index (χ4n) is 4.45.